The molecule has 1 nitrogen and oxygen atoms in total. The average molecular weight is 482 g/mol. The zero-order valence-electron chi connectivity index (χ0n) is 9.50. The molecule has 18 heavy (non-hydrogen) atoms. The molecule has 0 atom stereocenters. The first-order chi connectivity index (χ1) is 8.69. The first-order valence-corrected chi connectivity index (χ1v) is 8.40. The highest BCUT2D eigenvalue weighted by molar-refractivity contribution is 14.1. The van der Waals surface area contributed by atoms with E-state index in [1.54, 1.807) is 0 Å². The Balaban J connectivity index is 2.08. The van der Waals surface area contributed by atoms with E-state index in [1.165, 1.54) is 9.13 Å². The third-order valence-corrected chi connectivity index (χ3v) is 4.29. The summed E-state index contributed by atoms with van der Waals surface area (Å²) in [5.41, 5.74) is 2.33. The normalized spacial score (nSPS) is 10.4. The highest BCUT2D eigenvalue weighted by atomic mass is 127. The lowest BCUT2D eigenvalue weighted by molar-refractivity contribution is 0.304. The fraction of sp³-hybridized carbons (Fsp3) is 0.143. The summed E-state index contributed by atoms with van der Waals surface area (Å²) in [6.07, 6.45) is 0. The Morgan fingerprint density at radius 3 is 2.44 bits per heavy atom. The van der Waals surface area contributed by atoms with Crippen LogP contribution in [0.15, 0.2) is 46.9 Å². The van der Waals surface area contributed by atoms with Crippen LogP contribution in [0.5, 0.6) is 5.75 Å². The van der Waals surface area contributed by atoms with Gasteiger partial charge in [-0.1, -0.05) is 44.0 Å². The molecule has 0 aliphatic heterocycles. The molecule has 94 valence electrons. The highest BCUT2D eigenvalue weighted by Crippen LogP contribution is 2.26. The van der Waals surface area contributed by atoms with E-state index in [4.69, 9.17) is 4.74 Å². The molecular formula is C14H11Br2IO. The maximum absolute atomic E-state index is 5.86. The maximum Gasteiger partial charge on any atom is 0.123 e. The molecule has 0 aliphatic rings. The van der Waals surface area contributed by atoms with Gasteiger partial charge in [-0.3, -0.25) is 0 Å². The third kappa shape index (κ3) is 3.96. The van der Waals surface area contributed by atoms with Crippen molar-refractivity contribution in [1.82, 2.24) is 0 Å². The standard InChI is InChI=1S/C14H11Br2IO/c15-8-11-7-12(16)3-6-14(11)18-9-10-1-4-13(17)5-2-10/h1-7H,8-9H2. The minimum atomic E-state index is 0.596. The van der Waals surface area contributed by atoms with Crippen molar-refractivity contribution in [3.63, 3.8) is 0 Å². The van der Waals surface area contributed by atoms with Crippen LogP contribution < -0.4 is 4.74 Å². The maximum atomic E-state index is 5.86. The Morgan fingerprint density at radius 1 is 1.06 bits per heavy atom. The summed E-state index contributed by atoms with van der Waals surface area (Å²) in [5, 5.41) is 0.786. The SMILES string of the molecule is BrCc1cc(Br)ccc1OCc1ccc(I)cc1. The number of hydrogen-bond acceptors (Lipinski definition) is 1. The predicted molar refractivity (Wildman–Crippen MR) is 90.3 cm³/mol. The van der Waals surface area contributed by atoms with Gasteiger partial charge in [0.1, 0.15) is 12.4 Å². The molecule has 0 heterocycles. The van der Waals surface area contributed by atoms with Crippen LogP contribution in [0.4, 0.5) is 0 Å². The molecule has 2 rings (SSSR count). The van der Waals surface area contributed by atoms with Gasteiger partial charge in [0.2, 0.25) is 0 Å². The summed E-state index contributed by atoms with van der Waals surface area (Å²) >= 11 is 9.24. The van der Waals surface area contributed by atoms with Gasteiger partial charge in [-0.05, 0) is 58.5 Å². The zero-order chi connectivity index (χ0) is 13.0. The lowest BCUT2D eigenvalue weighted by atomic mass is 10.2. The molecule has 2 aromatic rings. The molecule has 0 amide bonds. The summed E-state index contributed by atoms with van der Waals surface area (Å²) in [6, 6.07) is 14.4. The van der Waals surface area contributed by atoms with Gasteiger partial charge in [-0.25, -0.2) is 0 Å². The second-order valence-corrected chi connectivity index (χ2v) is 6.52. The smallest absolute Gasteiger partial charge is 0.123 e. The van der Waals surface area contributed by atoms with Gasteiger partial charge in [0, 0.05) is 18.9 Å². The first-order valence-electron chi connectivity index (χ1n) is 5.40. The van der Waals surface area contributed by atoms with Gasteiger partial charge < -0.3 is 4.74 Å². The number of halogens is 3. The van der Waals surface area contributed by atoms with Crippen LogP contribution >= 0.6 is 54.5 Å². The monoisotopic (exact) mass is 480 g/mol. The quantitative estimate of drug-likeness (QED) is 0.412. The van der Waals surface area contributed by atoms with Crippen molar-refractivity contribution in [1.29, 1.82) is 0 Å². The molecule has 0 aliphatic carbocycles. The van der Waals surface area contributed by atoms with Crippen LogP contribution in [-0.4, -0.2) is 0 Å². The van der Waals surface area contributed by atoms with E-state index in [0.717, 1.165) is 21.1 Å². The Morgan fingerprint density at radius 2 is 1.78 bits per heavy atom. The second-order valence-electron chi connectivity index (χ2n) is 3.80. The summed E-state index contributed by atoms with van der Waals surface area (Å²) in [4.78, 5) is 0. The van der Waals surface area contributed by atoms with E-state index < -0.39 is 0 Å². The van der Waals surface area contributed by atoms with Crippen LogP contribution in [0.25, 0.3) is 0 Å². The third-order valence-electron chi connectivity index (χ3n) is 2.47. The molecular weight excluding hydrogens is 471 g/mol. The first kappa shape index (κ1) is 14.3. The molecule has 0 radical (unpaired) electrons. The van der Waals surface area contributed by atoms with Gasteiger partial charge in [0.25, 0.3) is 0 Å². The van der Waals surface area contributed by atoms with E-state index in [-0.39, 0.29) is 0 Å². The Labute approximate surface area is 137 Å². The number of rotatable bonds is 4. The van der Waals surface area contributed by atoms with Crippen molar-refractivity contribution in [2.24, 2.45) is 0 Å². The topological polar surface area (TPSA) is 9.23 Å². The molecule has 0 saturated heterocycles. The van der Waals surface area contributed by atoms with Gasteiger partial charge in [0.15, 0.2) is 0 Å². The van der Waals surface area contributed by atoms with E-state index in [0.29, 0.717) is 6.61 Å². The van der Waals surface area contributed by atoms with E-state index in [9.17, 15) is 0 Å². The molecule has 0 bridgehead atoms. The van der Waals surface area contributed by atoms with Crippen molar-refractivity contribution in [3.8, 4) is 5.75 Å². The largest absolute Gasteiger partial charge is 0.489 e. The van der Waals surface area contributed by atoms with Gasteiger partial charge in [-0.2, -0.15) is 0 Å². The molecule has 0 N–H and O–H groups in total. The number of hydrogen-bond donors (Lipinski definition) is 0. The minimum absolute atomic E-state index is 0.596. The van der Waals surface area contributed by atoms with Crippen LogP contribution in [0.1, 0.15) is 11.1 Å². The summed E-state index contributed by atoms with van der Waals surface area (Å²) < 4.78 is 8.16. The Kier molecular flexibility index (Phi) is 5.51. The zero-order valence-corrected chi connectivity index (χ0v) is 14.8. The summed E-state index contributed by atoms with van der Waals surface area (Å²) in [7, 11) is 0. The summed E-state index contributed by atoms with van der Waals surface area (Å²) in [5.74, 6) is 0.925. The fourth-order valence-electron chi connectivity index (χ4n) is 1.53. The number of alkyl halides is 1. The fourth-order valence-corrected chi connectivity index (χ4v) is 2.74. The van der Waals surface area contributed by atoms with E-state index >= 15 is 0 Å². The molecule has 0 aromatic heterocycles. The molecule has 2 aromatic carbocycles. The van der Waals surface area contributed by atoms with Gasteiger partial charge >= 0.3 is 0 Å². The minimum Gasteiger partial charge on any atom is -0.489 e. The van der Waals surface area contributed by atoms with Crippen LogP contribution in [0.2, 0.25) is 0 Å². The molecule has 0 fully saturated rings. The lowest BCUT2D eigenvalue weighted by Crippen LogP contribution is -1.97. The van der Waals surface area contributed by atoms with Crippen LogP contribution in [0, 0.1) is 3.57 Å². The lowest BCUT2D eigenvalue weighted by Gasteiger charge is -2.10. The van der Waals surface area contributed by atoms with Crippen molar-refractivity contribution in [3.05, 3.63) is 61.6 Å². The van der Waals surface area contributed by atoms with Crippen LogP contribution in [0.3, 0.4) is 0 Å². The molecule has 4 heteroatoms. The highest BCUT2D eigenvalue weighted by Gasteiger charge is 2.04. The van der Waals surface area contributed by atoms with E-state index in [2.05, 4.69) is 84.8 Å². The Hall–Kier alpha value is -0.0700. The molecule has 0 unspecified atom stereocenters. The van der Waals surface area contributed by atoms with E-state index in [1.807, 2.05) is 12.1 Å². The number of benzene rings is 2. The molecule has 0 spiro atoms. The number of ether oxygens (including phenoxy) is 1. The van der Waals surface area contributed by atoms with Gasteiger partial charge in [-0.15, -0.1) is 0 Å². The predicted octanol–water partition coefficient (Wildman–Crippen LogP) is 5.53. The van der Waals surface area contributed by atoms with Crippen molar-refractivity contribution >= 4 is 54.5 Å². The molecule has 0 saturated carbocycles. The van der Waals surface area contributed by atoms with Crippen LogP contribution in [-0.2, 0) is 11.9 Å². The van der Waals surface area contributed by atoms with Gasteiger partial charge in [0.05, 0.1) is 0 Å². The van der Waals surface area contributed by atoms with Crippen molar-refractivity contribution in [2.75, 3.05) is 0 Å². The second kappa shape index (κ2) is 6.91. The van der Waals surface area contributed by atoms with Crippen molar-refractivity contribution < 1.29 is 4.74 Å². The summed E-state index contributed by atoms with van der Waals surface area (Å²) in [6.45, 7) is 0.596. The average Bonchev–Trinajstić information content (AvgIpc) is 2.39. The van der Waals surface area contributed by atoms with Crippen molar-refractivity contribution in [2.45, 2.75) is 11.9 Å². The Bertz CT molecular complexity index is 526.